The predicted octanol–water partition coefficient (Wildman–Crippen LogP) is 1.52. The van der Waals surface area contributed by atoms with Crippen LogP contribution < -0.4 is 10.6 Å². The Morgan fingerprint density at radius 2 is 2.35 bits per heavy atom. The Balaban J connectivity index is 0.00000200. The summed E-state index contributed by atoms with van der Waals surface area (Å²) in [5.74, 6) is -0.00301. The van der Waals surface area contributed by atoms with Crippen molar-refractivity contribution in [2.75, 3.05) is 19.6 Å². The van der Waals surface area contributed by atoms with Crippen molar-refractivity contribution < 1.29 is 4.79 Å². The van der Waals surface area contributed by atoms with Gasteiger partial charge < -0.3 is 10.6 Å². The van der Waals surface area contributed by atoms with Gasteiger partial charge in [0.2, 0.25) is 0 Å². The molecule has 5 nitrogen and oxygen atoms in total. The van der Waals surface area contributed by atoms with Gasteiger partial charge in [0.25, 0.3) is 5.91 Å². The number of hydrogen-bond donors (Lipinski definition) is 2. The Bertz CT molecular complexity index is 452. The molecule has 2 heterocycles. The van der Waals surface area contributed by atoms with E-state index >= 15 is 0 Å². The smallest absolute Gasteiger partial charge is 0.254 e. The molecule has 1 aromatic heterocycles. The van der Waals surface area contributed by atoms with E-state index in [0.717, 1.165) is 38.2 Å². The highest BCUT2D eigenvalue weighted by Crippen LogP contribution is 2.24. The van der Waals surface area contributed by atoms with Crippen LogP contribution in [0.3, 0.4) is 0 Å². The third-order valence-electron chi connectivity index (χ3n) is 3.85. The molecule has 0 aromatic carbocycles. The lowest BCUT2D eigenvalue weighted by atomic mass is 9.83. The van der Waals surface area contributed by atoms with Crippen LogP contribution in [0.25, 0.3) is 0 Å². The summed E-state index contributed by atoms with van der Waals surface area (Å²) in [6.07, 6.45) is 4.92. The number of amides is 1. The van der Waals surface area contributed by atoms with Crippen LogP contribution in [0.4, 0.5) is 0 Å². The van der Waals surface area contributed by atoms with E-state index in [1.807, 2.05) is 14.0 Å². The first-order chi connectivity index (χ1) is 9.04. The predicted molar refractivity (Wildman–Crippen MR) is 82.4 cm³/mol. The largest absolute Gasteiger partial charge is 0.351 e. The molecule has 0 aliphatic carbocycles. The van der Waals surface area contributed by atoms with Gasteiger partial charge in [0.05, 0.1) is 11.3 Å². The standard InChI is InChI=1S/C14H24N4O.ClH/c1-4-12-11(8-18(3)17-12)13(19)16-10-14(2)6-5-7-15-9-14;/h8,15H,4-7,9-10H2,1-3H3,(H,16,19);1H. The number of piperidine rings is 1. The number of rotatable bonds is 4. The number of carbonyl (C=O) groups is 1. The topological polar surface area (TPSA) is 59.0 Å². The molecular weight excluding hydrogens is 276 g/mol. The molecule has 1 saturated heterocycles. The van der Waals surface area contributed by atoms with Crippen molar-refractivity contribution >= 4 is 18.3 Å². The van der Waals surface area contributed by atoms with Crippen LogP contribution in [-0.2, 0) is 13.5 Å². The lowest BCUT2D eigenvalue weighted by Gasteiger charge is -2.34. The van der Waals surface area contributed by atoms with Crippen molar-refractivity contribution in [2.24, 2.45) is 12.5 Å². The zero-order valence-electron chi connectivity index (χ0n) is 12.5. The van der Waals surface area contributed by atoms with Gasteiger partial charge in [0.1, 0.15) is 0 Å². The van der Waals surface area contributed by atoms with Crippen molar-refractivity contribution in [1.29, 1.82) is 0 Å². The summed E-state index contributed by atoms with van der Waals surface area (Å²) in [6.45, 7) is 7.03. The summed E-state index contributed by atoms with van der Waals surface area (Å²) in [5.41, 5.74) is 1.74. The van der Waals surface area contributed by atoms with Crippen molar-refractivity contribution in [2.45, 2.75) is 33.1 Å². The van der Waals surface area contributed by atoms with E-state index in [9.17, 15) is 4.79 Å². The van der Waals surface area contributed by atoms with Crippen LogP contribution in [0.15, 0.2) is 6.20 Å². The Labute approximate surface area is 126 Å². The van der Waals surface area contributed by atoms with E-state index < -0.39 is 0 Å². The maximum Gasteiger partial charge on any atom is 0.254 e. The number of hydrogen-bond acceptors (Lipinski definition) is 3. The lowest BCUT2D eigenvalue weighted by molar-refractivity contribution is 0.0923. The first-order valence-electron chi connectivity index (χ1n) is 7.05. The van der Waals surface area contributed by atoms with Crippen LogP contribution in [0, 0.1) is 5.41 Å². The van der Waals surface area contributed by atoms with Gasteiger partial charge in [0, 0.05) is 26.3 Å². The van der Waals surface area contributed by atoms with Gasteiger partial charge in [-0.05, 0) is 31.2 Å². The maximum absolute atomic E-state index is 12.2. The normalized spacial score (nSPS) is 22.1. The molecular formula is C14H25ClN4O. The molecule has 2 N–H and O–H groups in total. The van der Waals surface area contributed by atoms with Crippen LogP contribution in [-0.4, -0.2) is 35.3 Å². The minimum atomic E-state index is -0.00301. The van der Waals surface area contributed by atoms with Crippen LogP contribution in [0.5, 0.6) is 0 Å². The molecule has 0 radical (unpaired) electrons. The number of halogens is 1. The molecule has 1 aliphatic heterocycles. The zero-order valence-corrected chi connectivity index (χ0v) is 13.3. The second-order valence-corrected chi connectivity index (χ2v) is 5.79. The third kappa shape index (κ3) is 3.96. The molecule has 1 atom stereocenters. The summed E-state index contributed by atoms with van der Waals surface area (Å²) in [4.78, 5) is 12.2. The maximum atomic E-state index is 12.2. The van der Waals surface area contributed by atoms with Gasteiger partial charge in [0.15, 0.2) is 0 Å². The summed E-state index contributed by atoms with van der Waals surface area (Å²) in [5, 5.41) is 10.8. The monoisotopic (exact) mass is 300 g/mol. The fourth-order valence-corrected chi connectivity index (χ4v) is 2.64. The Kier molecular flexibility index (Phi) is 6.02. The number of aryl methyl sites for hydroxylation is 2. The fourth-order valence-electron chi connectivity index (χ4n) is 2.64. The van der Waals surface area contributed by atoms with Gasteiger partial charge >= 0.3 is 0 Å². The number of aromatic nitrogens is 2. The molecule has 0 bridgehead atoms. The molecule has 1 fully saturated rings. The highest BCUT2D eigenvalue weighted by atomic mass is 35.5. The molecule has 20 heavy (non-hydrogen) atoms. The van der Waals surface area contributed by atoms with Crippen LogP contribution >= 0.6 is 12.4 Å². The van der Waals surface area contributed by atoms with Crippen molar-refractivity contribution in [3.63, 3.8) is 0 Å². The van der Waals surface area contributed by atoms with E-state index in [4.69, 9.17) is 0 Å². The lowest BCUT2D eigenvalue weighted by Crippen LogP contribution is -2.45. The molecule has 0 spiro atoms. The number of nitrogens with one attached hydrogen (secondary N) is 2. The summed E-state index contributed by atoms with van der Waals surface area (Å²) < 4.78 is 1.71. The molecule has 1 aromatic rings. The van der Waals surface area contributed by atoms with Gasteiger partial charge in [-0.2, -0.15) is 5.10 Å². The number of carbonyl (C=O) groups excluding carboxylic acids is 1. The summed E-state index contributed by atoms with van der Waals surface area (Å²) in [6, 6.07) is 0. The molecule has 1 unspecified atom stereocenters. The van der Waals surface area contributed by atoms with Gasteiger partial charge in [-0.3, -0.25) is 9.48 Å². The molecule has 1 amide bonds. The second-order valence-electron chi connectivity index (χ2n) is 5.79. The average Bonchev–Trinajstić information content (AvgIpc) is 2.78. The Hall–Kier alpha value is -1.07. The summed E-state index contributed by atoms with van der Waals surface area (Å²) in [7, 11) is 1.85. The second kappa shape index (κ2) is 7.09. The first-order valence-corrected chi connectivity index (χ1v) is 7.05. The van der Waals surface area contributed by atoms with Crippen molar-refractivity contribution in [3.05, 3.63) is 17.5 Å². The summed E-state index contributed by atoms with van der Waals surface area (Å²) >= 11 is 0. The van der Waals surface area contributed by atoms with E-state index in [1.165, 1.54) is 6.42 Å². The molecule has 1 aliphatic rings. The van der Waals surface area contributed by atoms with Crippen molar-refractivity contribution in [1.82, 2.24) is 20.4 Å². The molecule has 6 heteroatoms. The highest BCUT2D eigenvalue weighted by Gasteiger charge is 2.27. The van der Waals surface area contributed by atoms with E-state index in [1.54, 1.807) is 10.9 Å². The van der Waals surface area contributed by atoms with E-state index in [-0.39, 0.29) is 23.7 Å². The Morgan fingerprint density at radius 1 is 1.60 bits per heavy atom. The van der Waals surface area contributed by atoms with Gasteiger partial charge in [-0.25, -0.2) is 0 Å². The van der Waals surface area contributed by atoms with E-state index in [2.05, 4.69) is 22.7 Å². The molecule has 0 saturated carbocycles. The quantitative estimate of drug-likeness (QED) is 0.886. The molecule has 114 valence electrons. The third-order valence-corrected chi connectivity index (χ3v) is 3.85. The van der Waals surface area contributed by atoms with Gasteiger partial charge in [-0.15, -0.1) is 12.4 Å². The highest BCUT2D eigenvalue weighted by molar-refractivity contribution is 5.95. The SMILES string of the molecule is CCc1nn(C)cc1C(=O)NCC1(C)CCCNC1.Cl. The minimum Gasteiger partial charge on any atom is -0.351 e. The Morgan fingerprint density at radius 3 is 2.95 bits per heavy atom. The molecule has 2 rings (SSSR count). The van der Waals surface area contributed by atoms with Crippen LogP contribution in [0.2, 0.25) is 0 Å². The fraction of sp³-hybridized carbons (Fsp3) is 0.714. The van der Waals surface area contributed by atoms with E-state index in [0.29, 0.717) is 5.56 Å². The van der Waals surface area contributed by atoms with Gasteiger partial charge in [-0.1, -0.05) is 13.8 Å². The van der Waals surface area contributed by atoms with Crippen molar-refractivity contribution in [3.8, 4) is 0 Å². The average molecular weight is 301 g/mol. The zero-order chi connectivity index (χ0) is 13.9. The minimum absolute atomic E-state index is 0. The number of nitrogens with zero attached hydrogens (tertiary/aromatic N) is 2. The van der Waals surface area contributed by atoms with Crippen LogP contribution in [0.1, 0.15) is 42.7 Å². The first kappa shape index (κ1) is 17.0.